The van der Waals surface area contributed by atoms with E-state index in [0.29, 0.717) is 45.3 Å². The van der Waals surface area contributed by atoms with E-state index in [1.54, 1.807) is 0 Å². The van der Waals surface area contributed by atoms with Crippen molar-refractivity contribution < 1.29 is 9.90 Å². The van der Waals surface area contributed by atoms with Gasteiger partial charge >= 0.3 is 0 Å². The average Bonchev–Trinajstić information content (AvgIpc) is 3.09. The molecule has 0 unspecified atom stereocenters. The van der Waals surface area contributed by atoms with Crippen LogP contribution in [0.1, 0.15) is 106 Å². The number of carbonyl (C=O) groups is 1. The summed E-state index contributed by atoms with van der Waals surface area (Å²) in [6.45, 7) is 19.4. The maximum Gasteiger partial charge on any atom is 0.145 e. The molecule has 0 heterocycles. The maximum absolute atomic E-state index is 11.8. The van der Waals surface area contributed by atoms with E-state index in [-0.39, 0.29) is 11.5 Å². The van der Waals surface area contributed by atoms with E-state index >= 15 is 0 Å². The van der Waals surface area contributed by atoms with Crippen LogP contribution in [-0.4, -0.2) is 17.5 Å². The van der Waals surface area contributed by atoms with Crippen LogP contribution >= 0.6 is 0 Å². The molecular weight excluding hydrogens is 392 g/mol. The van der Waals surface area contributed by atoms with Crippen molar-refractivity contribution in [1.29, 1.82) is 0 Å². The highest BCUT2D eigenvalue weighted by atomic mass is 16.3. The molecule has 2 nitrogen and oxygen atoms in total. The fourth-order valence-corrected chi connectivity index (χ4v) is 11.4. The third-order valence-corrected chi connectivity index (χ3v) is 13.5. The maximum atomic E-state index is 11.8. The minimum absolute atomic E-state index is 0.0233. The monoisotopic (exact) mass is 440 g/mol. The number of aliphatic hydroxyl groups is 1. The number of aldehydes is 1. The van der Waals surface area contributed by atoms with Crippen molar-refractivity contribution in [3.05, 3.63) is 12.2 Å². The summed E-state index contributed by atoms with van der Waals surface area (Å²) >= 11 is 0. The van der Waals surface area contributed by atoms with Crippen molar-refractivity contribution in [2.75, 3.05) is 0 Å². The molecule has 180 valence electrons. The lowest BCUT2D eigenvalue weighted by Gasteiger charge is -2.72. The zero-order chi connectivity index (χ0) is 23.3. The quantitative estimate of drug-likeness (QED) is 0.364. The van der Waals surface area contributed by atoms with Gasteiger partial charge in [0.15, 0.2) is 0 Å². The van der Waals surface area contributed by atoms with Gasteiger partial charge in [0.05, 0.1) is 6.10 Å². The smallest absolute Gasteiger partial charge is 0.145 e. The van der Waals surface area contributed by atoms with Crippen LogP contribution in [0.5, 0.6) is 0 Å². The summed E-state index contributed by atoms with van der Waals surface area (Å²) in [4.78, 5) is 11.8. The molecule has 0 aromatic rings. The van der Waals surface area contributed by atoms with Crippen LogP contribution in [0.2, 0.25) is 0 Å². The first-order valence-electron chi connectivity index (χ1n) is 13.7. The van der Waals surface area contributed by atoms with E-state index < -0.39 is 0 Å². The fraction of sp³-hybridized carbons (Fsp3) is 0.900. The predicted octanol–water partition coefficient (Wildman–Crippen LogP) is 7.20. The van der Waals surface area contributed by atoms with Crippen molar-refractivity contribution in [2.24, 2.45) is 56.7 Å². The van der Waals surface area contributed by atoms with Crippen LogP contribution in [0.25, 0.3) is 0 Å². The third kappa shape index (κ3) is 2.65. The molecule has 10 atom stereocenters. The zero-order valence-electron chi connectivity index (χ0n) is 21.7. The second-order valence-electron chi connectivity index (χ2n) is 14.6. The Kier molecular flexibility index (Phi) is 5.03. The summed E-state index contributed by atoms with van der Waals surface area (Å²) in [5.41, 5.74) is 2.33. The second kappa shape index (κ2) is 6.96. The Balaban J connectivity index is 1.54. The first kappa shape index (κ1) is 23.1. The molecular formula is C30H48O2. The Morgan fingerprint density at radius 3 is 2.22 bits per heavy atom. The number of hydrogen-bond acceptors (Lipinski definition) is 2. The van der Waals surface area contributed by atoms with Crippen molar-refractivity contribution in [3.63, 3.8) is 0 Å². The molecule has 1 N–H and O–H groups in total. The summed E-state index contributed by atoms with van der Waals surface area (Å²) < 4.78 is 0. The number of hydrogen-bond donors (Lipinski definition) is 1. The van der Waals surface area contributed by atoms with Gasteiger partial charge in [-0.2, -0.15) is 0 Å². The Morgan fingerprint density at radius 1 is 0.812 bits per heavy atom. The molecule has 5 rings (SSSR count). The van der Waals surface area contributed by atoms with Gasteiger partial charge in [-0.05, 0) is 126 Å². The molecule has 0 bridgehead atoms. The molecule has 0 aromatic carbocycles. The topological polar surface area (TPSA) is 37.3 Å². The lowest BCUT2D eigenvalue weighted by Crippen LogP contribution is -2.66. The Morgan fingerprint density at radius 2 is 1.53 bits per heavy atom. The van der Waals surface area contributed by atoms with Crippen molar-refractivity contribution in [1.82, 2.24) is 0 Å². The molecule has 32 heavy (non-hydrogen) atoms. The molecule has 0 amide bonds. The highest BCUT2D eigenvalue weighted by Crippen LogP contribution is 2.77. The van der Waals surface area contributed by atoms with E-state index in [9.17, 15) is 9.90 Å². The van der Waals surface area contributed by atoms with Crippen LogP contribution in [0.4, 0.5) is 0 Å². The number of carbonyl (C=O) groups excluding carboxylic acids is 1. The molecule has 0 radical (unpaired) electrons. The van der Waals surface area contributed by atoms with Gasteiger partial charge in [0.25, 0.3) is 0 Å². The molecule has 5 fully saturated rings. The Labute approximate surface area is 197 Å². The summed E-state index contributed by atoms with van der Waals surface area (Å²) in [5, 5.41) is 10.9. The van der Waals surface area contributed by atoms with Gasteiger partial charge in [0, 0.05) is 0 Å². The van der Waals surface area contributed by atoms with Gasteiger partial charge in [-0.25, -0.2) is 0 Å². The first-order valence-corrected chi connectivity index (χ1v) is 13.7. The van der Waals surface area contributed by atoms with Crippen molar-refractivity contribution >= 4 is 6.29 Å². The molecule has 5 saturated carbocycles. The normalized spacial score (nSPS) is 56.3. The highest BCUT2D eigenvalue weighted by molar-refractivity contribution is 5.73. The first-order chi connectivity index (χ1) is 14.8. The average molecular weight is 441 g/mol. The van der Waals surface area contributed by atoms with Crippen LogP contribution in [-0.2, 0) is 4.79 Å². The van der Waals surface area contributed by atoms with Gasteiger partial charge in [-0.15, -0.1) is 0 Å². The number of fused-ring (bicyclic) bond motifs is 7. The second-order valence-corrected chi connectivity index (χ2v) is 14.6. The van der Waals surface area contributed by atoms with Crippen LogP contribution in [0, 0.1) is 56.7 Å². The minimum Gasteiger partial charge on any atom is -0.393 e. The summed E-state index contributed by atoms with van der Waals surface area (Å²) in [6.07, 6.45) is 13.4. The summed E-state index contributed by atoms with van der Waals surface area (Å²) in [7, 11) is 0. The molecule has 2 heteroatoms. The number of aliphatic hydroxyl groups excluding tert-OH is 1. The Bertz CT molecular complexity index is 814. The van der Waals surface area contributed by atoms with Crippen LogP contribution in [0.3, 0.4) is 0 Å². The zero-order valence-corrected chi connectivity index (χ0v) is 21.7. The number of allylic oxidation sites excluding steroid dienone is 1. The van der Waals surface area contributed by atoms with Gasteiger partial charge in [-0.3, -0.25) is 4.79 Å². The summed E-state index contributed by atoms with van der Waals surface area (Å²) in [6, 6.07) is 0. The van der Waals surface area contributed by atoms with Crippen LogP contribution in [0.15, 0.2) is 12.2 Å². The van der Waals surface area contributed by atoms with Gasteiger partial charge < -0.3 is 5.11 Å². The third-order valence-electron chi connectivity index (χ3n) is 13.5. The van der Waals surface area contributed by atoms with Gasteiger partial charge in [0.1, 0.15) is 6.29 Å². The Hall–Kier alpha value is -0.630. The van der Waals surface area contributed by atoms with Crippen LogP contribution < -0.4 is 0 Å². The molecule has 5 aliphatic rings. The molecule has 0 aromatic heterocycles. The lowest BCUT2D eigenvalue weighted by molar-refractivity contribution is -0.246. The van der Waals surface area contributed by atoms with E-state index in [2.05, 4.69) is 48.1 Å². The van der Waals surface area contributed by atoms with E-state index in [4.69, 9.17) is 0 Å². The molecule has 5 aliphatic carbocycles. The minimum atomic E-state index is -0.152. The van der Waals surface area contributed by atoms with Crippen molar-refractivity contribution in [2.45, 2.75) is 112 Å². The van der Waals surface area contributed by atoms with E-state index in [1.165, 1.54) is 51.4 Å². The van der Waals surface area contributed by atoms with E-state index in [1.807, 2.05) is 0 Å². The van der Waals surface area contributed by atoms with Gasteiger partial charge in [-0.1, -0.05) is 48.1 Å². The lowest BCUT2D eigenvalue weighted by atomic mass is 9.32. The fourth-order valence-electron chi connectivity index (χ4n) is 11.4. The van der Waals surface area contributed by atoms with Crippen molar-refractivity contribution in [3.8, 4) is 0 Å². The standard InChI is InChI=1S/C30H48O2/c1-19(18-31)20-10-13-27(4)16-17-29(6)21(25(20)27)8-9-23-28(5)14-12-24(32)26(2,3)22(28)11-15-30(23,29)7/h18,20-25,32H,1,8-17H2,2-7H3/t20-,21-,22-,23-,24+,25+,27+,28-,29+,30+/m0/s1. The highest BCUT2D eigenvalue weighted by Gasteiger charge is 2.70. The SMILES string of the molecule is C=C(C=O)[C@@H]1CC[C@]2(C)CC[C@]3(C)[C@@H](CC[C@H]4[C@@]5(C)CC[C@@H](O)C(C)(C)[C@@H]5CC[C@]43C)[C@@H]12. The number of rotatable bonds is 2. The van der Waals surface area contributed by atoms with E-state index in [0.717, 1.165) is 30.6 Å². The molecule has 0 saturated heterocycles. The molecule has 0 spiro atoms. The van der Waals surface area contributed by atoms with Gasteiger partial charge in [0.2, 0.25) is 0 Å². The largest absolute Gasteiger partial charge is 0.393 e. The summed E-state index contributed by atoms with van der Waals surface area (Å²) in [5.74, 6) is 3.12. The predicted molar refractivity (Wildman–Crippen MR) is 131 cm³/mol. The molecule has 0 aliphatic heterocycles.